The van der Waals surface area contributed by atoms with Gasteiger partial charge in [-0.2, -0.15) is 0 Å². The second-order valence-corrected chi connectivity index (χ2v) is 8.29. The number of rotatable bonds is 9. The molecule has 0 saturated heterocycles. The van der Waals surface area contributed by atoms with Crippen LogP contribution in [-0.4, -0.2) is 35.6 Å². The van der Waals surface area contributed by atoms with Gasteiger partial charge in [0, 0.05) is 12.1 Å². The fourth-order valence-corrected chi connectivity index (χ4v) is 3.94. The Hall–Kier alpha value is -2.67. The van der Waals surface area contributed by atoms with Crippen molar-refractivity contribution in [1.82, 2.24) is 10.5 Å². The first-order valence-corrected chi connectivity index (χ1v) is 10.5. The first-order valence-electron chi connectivity index (χ1n) is 9.64. The molecule has 0 fully saturated rings. The Labute approximate surface area is 173 Å². The summed E-state index contributed by atoms with van der Waals surface area (Å²) in [6.45, 7) is 3.23. The largest absolute Gasteiger partial charge is 0.491 e. The van der Waals surface area contributed by atoms with E-state index in [1.54, 1.807) is 18.3 Å². The van der Waals surface area contributed by atoms with E-state index in [1.807, 2.05) is 53.9 Å². The van der Waals surface area contributed by atoms with Gasteiger partial charge in [-0.15, -0.1) is 11.3 Å². The van der Waals surface area contributed by atoms with E-state index in [9.17, 15) is 5.11 Å². The Morgan fingerprint density at radius 2 is 2.00 bits per heavy atom. The van der Waals surface area contributed by atoms with E-state index in [0.717, 1.165) is 34.5 Å². The first kappa shape index (κ1) is 19.6. The van der Waals surface area contributed by atoms with Crippen LogP contribution < -0.4 is 10.1 Å². The summed E-state index contributed by atoms with van der Waals surface area (Å²) < 4.78 is 12.3. The molecule has 0 radical (unpaired) electrons. The number of thiophene rings is 1. The standard InChI is InChI=1S/C23H24N2O3S/c1-23(26,15-24-12-10-17-6-3-2-4-7-17)16-27-19-9-5-8-18(14-19)21-22-20(28-25-21)11-13-29-22/h2-9,11,13-14,24,26H,10,12,15-16H2,1H3/t23-/m1/s1. The fraction of sp³-hybridized carbons (Fsp3) is 0.261. The van der Waals surface area contributed by atoms with Gasteiger partial charge in [-0.25, -0.2) is 0 Å². The van der Waals surface area contributed by atoms with Gasteiger partial charge < -0.3 is 19.7 Å². The zero-order chi connectivity index (χ0) is 20.1. The van der Waals surface area contributed by atoms with Crippen LogP contribution in [0.5, 0.6) is 5.75 Å². The minimum Gasteiger partial charge on any atom is -0.491 e. The van der Waals surface area contributed by atoms with Gasteiger partial charge in [-0.1, -0.05) is 47.6 Å². The summed E-state index contributed by atoms with van der Waals surface area (Å²) in [7, 11) is 0. The van der Waals surface area contributed by atoms with E-state index < -0.39 is 5.60 Å². The van der Waals surface area contributed by atoms with Crippen LogP contribution in [0.3, 0.4) is 0 Å². The van der Waals surface area contributed by atoms with Crippen molar-refractivity contribution < 1.29 is 14.4 Å². The molecule has 0 amide bonds. The highest BCUT2D eigenvalue weighted by Crippen LogP contribution is 2.33. The Kier molecular flexibility index (Phi) is 5.94. The van der Waals surface area contributed by atoms with Gasteiger partial charge in [-0.05, 0) is 49.0 Å². The molecular weight excluding hydrogens is 384 g/mol. The van der Waals surface area contributed by atoms with Crippen molar-refractivity contribution in [3.8, 4) is 17.0 Å². The minimum absolute atomic E-state index is 0.196. The van der Waals surface area contributed by atoms with Gasteiger partial charge >= 0.3 is 0 Å². The molecule has 0 aliphatic heterocycles. The summed E-state index contributed by atoms with van der Waals surface area (Å²) in [5, 5.41) is 20.1. The highest BCUT2D eigenvalue weighted by Gasteiger charge is 2.21. The molecule has 2 aromatic heterocycles. The van der Waals surface area contributed by atoms with Crippen molar-refractivity contribution in [3.05, 3.63) is 71.6 Å². The number of aromatic nitrogens is 1. The lowest BCUT2D eigenvalue weighted by Gasteiger charge is -2.24. The molecule has 0 saturated carbocycles. The quantitative estimate of drug-likeness (QED) is 0.399. The average Bonchev–Trinajstić information content (AvgIpc) is 3.35. The third-order valence-corrected chi connectivity index (χ3v) is 5.58. The third kappa shape index (κ3) is 5.03. The van der Waals surface area contributed by atoms with E-state index >= 15 is 0 Å². The highest BCUT2D eigenvalue weighted by atomic mass is 32.1. The number of fused-ring (bicyclic) bond motifs is 1. The maximum Gasteiger partial charge on any atom is 0.178 e. The molecule has 0 aliphatic carbocycles. The van der Waals surface area contributed by atoms with Crippen LogP contribution in [-0.2, 0) is 6.42 Å². The molecule has 29 heavy (non-hydrogen) atoms. The first-order chi connectivity index (χ1) is 14.1. The lowest BCUT2D eigenvalue weighted by Crippen LogP contribution is -2.43. The summed E-state index contributed by atoms with van der Waals surface area (Å²) in [6.07, 6.45) is 0.925. The third-order valence-electron chi connectivity index (χ3n) is 4.68. The van der Waals surface area contributed by atoms with Gasteiger partial charge in [0.05, 0.1) is 0 Å². The van der Waals surface area contributed by atoms with Crippen molar-refractivity contribution in [3.63, 3.8) is 0 Å². The predicted molar refractivity (Wildman–Crippen MR) is 116 cm³/mol. The molecule has 6 heteroatoms. The maximum absolute atomic E-state index is 10.6. The van der Waals surface area contributed by atoms with Crippen molar-refractivity contribution in [1.29, 1.82) is 0 Å². The second kappa shape index (κ2) is 8.78. The van der Waals surface area contributed by atoms with Crippen LogP contribution in [0.25, 0.3) is 21.5 Å². The van der Waals surface area contributed by atoms with Crippen molar-refractivity contribution in [2.75, 3.05) is 19.7 Å². The van der Waals surface area contributed by atoms with Crippen LogP contribution in [0.2, 0.25) is 0 Å². The van der Waals surface area contributed by atoms with Crippen molar-refractivity contribution >= 4 is 21.6 Å². The Morgan fingerprint density at radius 1 is 1.14 bits per heavy atom. The Morgan fingerprint density at radius 3 is 2.86 bits per heavy atom. The molecular formula is C23H24N2O3S. The molecule has 150 valence electrons. The van der Waals surface area contributed by atoms with E-state index in [2.05, 4.69) is 22.6 Å². The molecule has 0 bridgehead atoms. The molecule has 4 rings (SSSR count). The number of hydrogen-bond donors (Lipinski definition) is 2. The topological polar surface area (TPSA) is 67.5 Å². The zero-order valence-electron chi connectivity index (χ0n) is 16.3. The predicted octanol–water partition coefficient (Wildman–Crippen LogP) is 4.52. The van der Waals surface area contributed by atoms with E-state index in [1.165, 1.54) is 5.56 Å². The van der Waals surface area contributed by atoms with Crippen LogP contribution in [0.15, 0.2) is 70.6 Å². The number of nitrogens with zero attached hydrogens (tertiary/aromatic N) is 1. The molecule has 2 aromatic carbocycles. The number of aliphatic hydroxyl groups is 1. The number of nitrogens with one attached hydrogen (secondary N) is 1. The van der Waals surface area contributed by atoms with Crippen molar-refractivity contribution in [2.24, 2.45) is 0 Å². The molecule has 2 N–H and O–H groups in total. The fourth-order valence-electron chi connectivity index (χ4n) is 3.12. The summed E-state index contributed by atoms with van der Waals surface area (Å²) in [5.41, 5.74) is 2.85. The lowest BCUT2D eigenvalue weighted by molar-refractivity contribution is 0.0125. The van der Waals surface area contributed by atoms with Gasteiger partial charge in [0.15, 0.2) is 5.58 Å². The average molecular weight is 409 g/mol. The van der Waals surface area contributed by atoms with Gasteiger partial charge in [0.1, 0.15) is 28.4 Å². The number of benzene rings is 2. The summed E-state index contributed by atoms with van der Waals surface area (Å²) in [6, 6.07) is 19.9. The molecule has 5 nitrogen and oxygen atoms in total. The molecule has 4 aromatic rings. The monoisotopic (exact) mass is 408 g/mol. The van der Waals surface area contributed by atoms with Gasteiger partial charge in [-0.3, -0.25) is 0 Å². The van der Waals surface area contributed by atoms with Crippen LogP contribution in [0, 0.1) is 0 Å². The van der Waals surface area contributed by atoms with Crippen LogP contribution in [0.1, 0.15) is 12.5 Å². The Bertz CT molecular complexity index is 1060. The van der Waals surface area contributed by atoms with E-state index in [-0.39, 0.29) is 6.61 Å². The summed E-state index contributed by atoms with van der Waals surface area (Å²) in [5.74, 6) is 0.694. The number of ether oxygens (including phenoxy) is 1. The Balaban J connectivity index is 1.30. The summed E-state index contributed by atoms with van der Waals surface area (Å²) in [4.78, 5) is 0. The van der Waals surface area contributed by atoms with Gasteiger partial charge in [0.2, 0.25) is 0 Å². The molecule has 0 spiro atoms. The van der Waals surface area contributed by atoms with Crippen molar-refractivity contribution in [2.45, 2.75) is 18.9 Å². The number of hydrogen-bond acceptors (Lipinski definition) is 6. The second-order valence-electron chi connectivity index (χ2n) is 7.37. The molecule has 2 heterocycles. The molecule has 1 atom stereocenters. The van der Waals surface area contributed by atoms with E-state index in [4.69, 9.17) is 9.26 Å². The minimum atomic E-state index is -0.971. The summed E-state index contributed by atoms with van der Waals surface area (Å²) >= 11 is 1.60. The van der Waals surface area contributed by atoms with Crippen LogP contribution >= 0.6 is 11.3 Å². The van der Waals surface area contributed by atoms with Gasteiger partial charge in [0.25, 0.3) is 0 Å². The van der Waals surface area contributed by atoms with Crippen LogP contribution in [0.4, 0.5) is 0 Å². The molecule has 0 aliphatic rings. The molecule has 0 unspecified atom stereocenters. The highest BCUT2D eigenvalue weighted by molar-refractivity contribution is 7.17. The smallest absolute Gasteiger partial charge is 0.178 e. The van der Waals surface area contributed by atoms with E-state index in [0.29, 0.717) is 12.3 Å². The SMILES string of the molecule is C[C@@](O)(CNCCc1ccccc1)COc1cccc(-c2noc3ccsc23)c1. The zero-order valence-corrected chi connectivity index (χ0v) is 17.1. The lowest BCUT2D eigenvalue weighted by atomic mass is 10.1. The maximum atomic E-state index is 10.6. The normalized spacial score (nSPS) is 13.4.